The first-order valence-electron chi connectivity index (χ1n) is 7.77. The highest BCUT2D eigenvalue weighted by atomic mass is 16.5. The van der Waals surface area contributed by atoms with Crippen molar-refractivity contribution in [2.24, 2.45) is 0 Å². The number of hydrogen-bond acceptors (Lipinski definition) is 3. The zero-order valence-corrected chi connectivity index (χ0v) is 13.8. The Morgan fingerprint density at radius 1 is 1.09 bits per heavy atom. The monoisotopic (exact) mass is 313 g/mol. The van der Waals surface area contributed by atoms with Gasteiger partial charge in [0.1, 0.15) is 11.5 Å². The second kappa shape index (κ2) is 8.22. The summed E-state index contributed by atoms with van der Waals surface area (Å²) in [6, 6.07) is 15.2. The maximum atomic E-state index is 12.3. The molecule has 2 aromatic rings. The predicted octanol–water partition coefficient (Wildman–Crippen LogP) is 3.48. The molecule has 0 saturated heterocycles. The normalized spacial score (nSPS) is 11.6. The molecule has 0 fully saturated rings. The highest BCUT2D eigenvalue weighted by Crippen LogP contribution is 2.19. The minimum atomic E-state index is -0.507. The van der Waals surface area contributed by atoms with Gasteiger partial charge in [0.2, 0.25) is 0 Å². The highest BCUT2D eigenvalue weighted by molar-refractivity contribution is 5.81. The van der Waals surface area contributed by atoms with Gasteiger partial charge in [-0.2, -0.15) is 0 Å². The molecule has 4 nitrogen and oxygen atoms in total. The van der Waals surface area contributed by atoms with E-state index in [2.05, 4.69) is 5.32 Å². The first kappa shape index (κ1) is 16.9. The summed E-state index contributed by atoms with van der Waals surface area (Å²) in [6.45, 7) is 4.47. The van der Waals surface area contributed by atoms with Crippen molar-refractivity contribution in [3.05, 3.63) is 59.7 Å². The third-order valence-corrected chi connectivity index (χ3v) is 3.72. The summed E-state index contributed by atoms with van der Waals surface area (Å²) in [4.78, 5) is 12.3. The number of rotatable bonds is 7. The van der Waals surface area contributed by atoms with Crippen LogP contribution in [0.5, 0.6) is 11.5 Å². The fourth-order valence-electron chi connectivity index (χ4n) is 2.25. The molecule has 1 amide bonds. The van der Waals surface area contributed by atoms with Crippen LogP contribution in [0.15, 0.2) is 48.5 Å². The lowest BCUT2D eigenvalue weighted by Gasteiger charge is -2.18. The van der Waals surface area contributed by atoms with Crippen molar-refractivity contribution in [1.29, 1.82) is 0 Å². The molecule has 4 heteroatoms. The van der Waals surface area contributed by atoms with Gasteiger partial charge in [-0.1, -0.05) is 31.2 Å². The van der Waals surface area contributed by atoms with Crippen LogP contribution in [0.1, 0.15) is 24.5 Å². The second-order valence-corrected chi connectivity index (χ2v) is 5.33. The molecule has 0 heterocycles. The maximum absolute atomic E-state index is 12.3. The van der Waals surface area contributed by atoms with E-state index in [-0.39, 0.29) is 5.91 Å². The Kier molecular flexibility index (Phi) is 6.03. The van der Waals surface area contributed by atoms with E-state index < -0.39 is 6.10 Å². The Morgan fingerprint density at radius 3 is 2.35 bits per heavy atom. The van der Waals surface area contributed by atoms with E-state index >= 15 is 0 Å². The average molecular weight is 313 g/mol. The maximum Gasteiger partial charge on any atom is 0.261 e. The van der Waals surface area contributed by atoms with Gasteiger partial charge in [-0.15, -0.1) is 0 Å². The zero-order chi connectivity index (χ0) is 16.7. The molecule has 0 aliphatic heterocycles. The van der Waals surface area contributed by atoms with Gasteiger partial charge < -0.3 is 14.8 Å². The number of hydrogen-bond donors (Lipinski definition) is 1. The minimum absolute atomic E-state index is 0.105. The third kappa shape index (κ3) is 4.74. The summed E-state index contributed by atoms with van der Waals surface area (Å²) in [5.41, 5.74) is 2.28. The van der Waals surface area contributed by atoms with Crippen molar-refractivity contribution in [3.63, 3.8) is 0 Å². The van der Waals surface area contributed by atoms with E-state index in [4.69, 9.17) is 9.47 Å². The van der Waals surface area contributed by atoms with Crippen molar-refractivity contribution < 1.29 is 14.3 Å². The van der Waals surface area contributed by atoms with Gasteiger partial charge in [0.25, 0.3) is 5.91 Å². The van der Waals surface area contributed by atoms with Crippen LogP contribution in [0.3, 0.4) is 0 Å². The third-order valence-electron chi connectivity index (χ3n) is 3.72. The highest BCUT2D eigenvalue weighted by Gasteiger charge is 2.18. The second-order valence-electron chi connectivity index (χ2n) is 5.33. The number of benzene rings is 2. The van der Waals surface area contributed by atoms with Gasteiger partial charge in [0, 0.05) is 6.54 Å². The van der Waals surface area contributed by atoms with E-state index in [0.29, 0.717) is 18.7 Å². The lowest BCUT2D eigenvalue weighted by molar-refractivity contribution is -0.128. The van der Waals surface area contributed by atoms with Crippen LogP contribution >= 0.6 is 0 Å². The van der Waals surface area contributed by atoms with Crippen LogP contribution < -0.4 is 14.8 Å². The summed E-state index contributed by atoms with van der Waals surface area (Å²) >= 11 is 0. The molecule has 2 aromatic carbocycles. The fraction of sp³-hybridized carbons (Fsp3) is 0.316. The largest absolute Gasteiger partial charge is 0.497 e. The number of ether oxygens (including phenoxy) is 2. The molecule has 0 aliphatic rings. The number of amides is 1. The van der Waals surface area contributed by atoms with E-state index in [1.807, 2.05) is 50.2 Å². The quantitative estimate of drug-likeness (QED) is 0.851. The molecule has 0 saturated carbocycles. The molecule has 0 spiro atoms. The predicted molar refractivity (Wildman–Crippen MR) is 90.7 cm³/mol. The molecule has 0 unspecified atom stereocenters. The van der Waals surface area contributed by atoms with Crippen molar-refractivity contribution in [2.45, 2.75) is 32.9 Å². The summed E-state index contributed by atoms with van der Waals surface area (Å²) in [7, 11) is 1.61. The van der Waals surface area contributed by atoms with Gasteiger partial charge in [-0.05, 0) is 48.7 Å². The smallest absolute Gasteiger partial charge is 0.261 e. The topological polar surface area (TPSA) is 47.6 Å². The van der Waals surface area contributed by atoms with Crippen molar-refractivity contribution >= 4 is 5.91 Å². The van der Waals surface area contributed by atoms with Crippen LogP contribution in [-0.2, 0) is 11.3 Å². The van der Waals surface area contributed by atoms with Gasteiger partial charge in [-0.3, -0.25) is 4.79 Å². The van der Waals surface area contributed by atoms with Crippen LogP contribution in [0, 0.1) is 6.92 Å². The molecule has 2 rings (SSSR count). The first-order chi connectivity index (χ1) is 11.1. The Morgan fingerprint density at radius 2 is 1.74 bits per heavy atom. The average Bonchev–Trinajstić information content (AvgIpc) is 2.59. The number of carbonyl (C=O) groups excluding carboxylic acids is 1. The van der Waals surface area contributed by atoms with Crippen molar-refractivity contribution in [3.8, 4) is 11.5 Å². The summed E-state index contributed by atoms with van der Waals surface area (Å²) < 4.78 is 10.9. The van der Waals surface area contributed by atoms with Crippen LogP contribution in [0.25, 0.3) is 0 Å². The van der Waals surface area contributed by atoms with E-state index in [1.54, 1.807) is 19.2 Å². The van der Waals surface area contributed by atoms with Crippen LogP contribution in [0.2, 0.25) is 0 Å². The molecule has 122 valence electrons. The lowest BCUT2D eigenvalue weighted by atomic mass is 10.1. The molecular formula is C19H23NO3. The van der Waals surface area contributed by atoms with Gasteiger partial charge in [0.05, 0.1) is 7.11 Å². The number of methoxy groups -OCH3 is 1. The Hall–Kier alpha value is -2.49. The minimum Gasteiger partial charge on any atom is -0.497 e. The van der Waals surface area contributed by atoms with Crippen LogP contribution in [0.4, 0.5) is 0 Å². The Balaban J connectivity index is 1.94. The molecule has 0 radical (unpaired) electrons. The van der Waals surface area contributed by atoms with E-state index in [9.17, 15) is 4.79 Å². The molecule has 1 N–H and O–H groups in total. The van der Waals surface area contributed by atoms with E-state index in [0.717, 1.165) is 16.9 Å². The first-order valence-corrected chi connectivity index (χ1v) is 7.77. The van der Waals surface area contributed by atoms with Gasteiger partial charge in [-0.25, -0.2) is 0 Å². The fourth-order valence-corrected chi connectivity index (χ4v) is 2.25. The molecule has 0 aromatic heterocycles. The summed E-state index contributed by atoms with van der Waals surface area (Å²) in [6.07, 6.45) is 0.0958. The Labute approximate surface area is 137 Å². The summed E-state index contributed by atoms with van der Waals surface area (Å²) in [5.74, 6) is 1.31. The zero-order valence-electron chi connectivity index (χ0n) is 13.8. The molecule has 0 aliphatic carbocycles. The summed E-state index contributed by atoms with van der Waals surface area (Å²) in [5, 5.41) is 2.94. The molecule has 0 bridgehead atoms. The number of nitrogens with one attached hydrogen (secondary N) is 1. The van der Waals surface area contributed by atoms with Crippen molar-refractivity contribution in [2.75, 3.05) is 7.11 Å². The lowest BCUT2D eigenvalue weighted by Crippen LogP contribution is -2.37. The SMILES string of the molecule is CC[C@H](Oc1ccc(OC)cc1)C(=O)NCc1ccccc1C. The number of carbonyl (C=O) groups is 1. The number of aryl methyl sites for hydroxylation is 1. The van der Waals surface area contributed by atoms with Crippen LogP contribution in [-0.4, -0.2) is 19.1 Å². The Bertz CT molecular complexity index is 637. The standard InChI is InChI=1S/C19H23NO3/c1-4-18(23-17-11-9-16(22-3)10-12-17)19(21)20-13-15-8-6-5-7-14(15)2/h5-12,18H,4,13H2,1-3H3,(H,20,21)/t18-/m0/s1. The van der Waals surface area contributed by atoms with Crippen molar-refractivity contribution in [1.82, 2.24) is 5.32 Å². The van der Waals surface area contributed by atoms with Gasteiger partial charge in [0.15, 0.2) is 6.10 Å². The van der Waals surface area contributed by atoms with Gasteiger partial charge >= 0.3 is 0 Å². The molecular weight excluding hydrogens is 290 g/mol. The van der Waals surface area contributed by atoms with E-state index in [1.165, 1.54) is 0 Å². The molecule has 1 atom stereocenters. The molecule has 23 heavy (non-hydrogen) atoms.